The molecule has 1 unspecified atom stereocenters. The Labute approximate surface area is 228 Å². The highest BCUT2D eigenvalue weighted by atomic mass is 32.2. The summed E-state index contributed by atoms with van der Waals surface area (Å²) in [5.74, 6) is -0.950. The average Bonchev–Trinajstić information content (AvgIpc) is 3.51. The number of nitrogens with one attached hydrogen (secondary N) is 1. The molecule has 8 nitrogen and oxygen atoms in total. The molecule has 2 aromatic carbocycles. The lowest BCUT2D eigenvalue weighted by Gasteiger charge is -2.29. The second kappa shape index (κ2) is 12.9. The highest BCUT2D eigenvalue weighted by molar-refractivity contribution is 7.89. The van der Waals surface area contributed by atoms with Gasteiger partial charge in [-0.3, -0.25) is 14.6 Å². The molecule has 0 saturated carbocycles. The summed E-state index contributed by atoms with van der Waals surface area (Å²) in [5.41, 5.74) is 2.22. The fraction of sp³-hybridized carbons (Fsp3) is 0.345. The normalized spacial score (nSPS) is 14.6. The minimum absolute atomic E-state index is 0.122. The van der Waals surface area contributed by atoms with Gasteiger partial charge in [0.2, 0.25) is 21.8 Å². The summed E-state index contributed by atoms with van der Waals surface area (Å²) in [6.07, 6.45) is 3.88. The van der Waals surface area contributed by atoms with Gasteiger partial charge in [0.25, 0.3) is 0 Å². The summed E-state index contributed by atoms with van der Waals surface area (Å²) in [5, 5.41) is 2.83. The van der Waals surface area contributed by atoms with E-state index < -0.39 is 16.1 Å². The van der Waals surface area contributed by atoms with Crippen molar-refractivity contribution in [1.82, 2.24) is 19.5 Å². The second-order valence-corrected chi connectivity index (χ2v) is 11.6. The number of hydrogen-bond acceptors (Lipinski definition) is 5. The van der Waals surface area contributed by atoms with E-state index in [1.165, 1.54) is 21.3 Å². The molecule has 4 rings (SSSR count). The van der Waals surface area contributed by atoms with Gasteiger partial charge in [-0.15, -0.1) is 0 Å². The van der Waals surface area contributed by atoms with Crippen LogP contribution in [0.3, 0.4) is 0 Å². The standard InChI is InChI=1S/C29H33FN4O4S/c1-22(29(36)32-20-26-6-2-3-17-31-26)34(21-24-7-12-25(30)13-8-24)28(35)16-11-23-9-14-27(15-10-23)39(37,38)33-18-4-5-19-33/h2-3,6-10,12-15,17,22H,4-5,11,16,18-21H2,1H3,(H,32,36). The zero-order valence-corrected chi connectivity index (χ0v) is 22.7. The van der Waals surface area contributed by atoms with Gasteiger partial charge >= 0.3 is 0 Å². The average molecular weight is 553 g/mol. The van der Waals surface area contributed by atoms with Crippen molar-refractivity contribution in [3.8, 4) is 0 Å². The van der Waals surface area contributed by atoms with Crippen LogP contribution in [0.4, 0.5) is 4.39 Å². The first-order valence-electron chi connectivity index (χ1n) is 13.0. The quantitative estimate of drug-likeness (QED) is 0.391. The molecule has 1 saturated heterocycles. The van der Waals surface area contributed by atoms with Gasteiger partial charge in [0.05, 0.1) is 17.1 Å². The fourth-order valence-corrected chi connectivity index (χ4v) is 6.01. The van der Waals surface area contributed by atoms with Crippen molar-refractivity contribution in [1.29, 1.82) is 0 Å². The Hall–Kier alpha value is -3.63. The maximum Gasteiger partial charge on any atom is 0.243 e. The Morgan fingerprint density at radius 3 is 2.31 bits per heavy atom. The highest BCUT2D eigenvalue weighted by Gasteiger charge is 2.28. The fourth-order valence-electron chi connectivity index (χ4n) is 4.50. The molecule has 0 aliphatic carbocycles. The molecule has 39 heavy (non-hydrogen) atoms. The number of sulfonamides is 1. The van der Waals surface area contributed by atoms with E-state index in [0.717, 1.165) is 18.4 Å². The molecule has 1 aromatic heterocycles. The molecule has 0 radical (unpaired) electrons. The highest BCUT2D eigenvalue weighted by Crippen LogP contribution is 2.22. The minimum Gasteiger partial charge on any atom is -0.349 e. The topological polar surface area (TPSA) is 99.7 Å². The molecule has 1 aliphatic heterocycles. The number of hydrogen-bond donors (Lipinski definition) is 1. The number of aromatic nitrogens is 1. The summed E-state index contributed by atoms with van der Waals surface area (Å²) in [6.45, 7) is 3.11. The van der Waals surface area contributed by atoms with Crippen molar-refractivity contribution in [3.05, 3.63) is 95.6 Å². The molecular weight excluding hydrogens is 519 g/mol. The summed E-state index contributed by atoms with van der Waals surface area (Å²) in [6, 6.07) is 17.1. The van der Waals surface area contributed by atoms with Crippen molar-refractivity contribution >= 4 is 21.8 Å². The van der Waals surface area contributed by atoms with Crippen LogP contribution in [0, 0.1) is 5.82 Å². The van der Waals surface area contributed by atoms with Crippen LogP contribution >= 0.6 is 0 Å². The Kier molecular flexibility index (Phi) is 9.42. The van der Waals surface area contributed by atoms with E-state index in [0.29, 0.717) is 30.8 Å². The van der Waals surface area contributed by atoms with Gasteiger partial charge in [0.1, 0.15) is 11.9 Å². The van der Waals surface area contributed by atoms with Gasteiger partial charge in [-0.25, -0.2) is 12.8 Å². The Balaban J connectivity index is 1.42. The zero-order valence-electron chi connectivity index (χ0n) is 21.9. The molecule has 2 heterocycles. The molecule has 206 valence electrons. The van der Waals surface area contributed by atoms with Gasteiger partial charge in [-0.05, 0) is 73.7 Å². The van der Waals surface area contributed by atoms with E-state index in [4.69, 9.17) is 0 Å². The lowest BCUT2D eigenvalue weighted by Crippen LogP contribution is -2.47. The van der Waals surface area contributed by atoms with E-state index in [-0.39, 0.29) is 42.0 Å². The van der Waals surface area contributed by atoms with E-state index >= 15 is 0 Å². The monoisotopic (exact) mass is 552 g/mol. The van der Waals surface area contributed by atoms with Crippen molar-refractivity contribution in [2.45, 2.75) is 56.6 Å². The molecule has 1 atom stereocenters. The number of halogens is 1. The van der Waals surface area contributed by atoms with Crippen LogP contribution in [0.1, 0.15) is 43.0 Å². The third kappa shape index (κ3) is 7.48. The van der Waals surface area contributed by atoms with Crippen LogP contribution in [-0.2, 0) is 39.1 Å². The lowest BCUT2D eigenvalue weighted by atomic mass is 10.1. The Bertz CT molecular complexity index is 1360. The first-order chi connectivity index (χ1) is 18.7. The summed E-state index contributed by atoms with van der Waals surface area (Å²) < 4.78 is 40.5. The van der Waals surface area contributed by atoms with Crippen molar-refractivity contribution in [2.75, 3.05) is 13.1 Å². The van der Waals surface area contributed by atoms with Crippen LogP contribution in [0.15, 0.2) is 77.8 Å². The molecule has 0 spiro atoms. The van der Waals surface area contributed by atoms with E-state index in [1.807, 2.05) is 6.07 Å². The summed E-state index contributed by atoms with van der Waals surface area (Å²) in [4.78, 5) is 32.3. The SMILES string of the molecule is CC(C(=O)NCc1ccccn1)N(Cc1ccc(F)cc1)C(=O)CCc1ccc(S(=O)(=O)N2CCCC2)cc1. The van der Waals surface area contributed by atoms with E-state index in [2.05, 4.69) is 10.3 Å². The zero-order chi connectivity index (χ0) is 27.8. The van der Waals surface area contributed by atoms with Crippen LogP contribution < -0.4 is 5.32 Å². The summed E-state index contributed by atoms with van der Waals surface area (Å²) in [7, 11) is -3.50. The number of amides is 2. The van der Waals surface area contributed by atoms with E-state index in [1.54, 1.807) is 61.7 Å². The second-order valence-electron chi connectivity index (χ2n) is 9.62. The van der Waals surface area contributed by atoms with Gasteiger partial charge in [-0.1, -0.05) is 30.3 Å². The molecule has 2 amide bonds. The number of carbonyl (C=O) groups excluding carboxylic acids is 2. The Morgan fingerprint density at radius 1 is 1.00 bits per heavy atom. The largest absolute Gasteiger partial charge is 0.349 e. The molecule has 1 fully saturated rings. The molecule has 1 N–H and O–H groups in total. The third-order valence-electron chi connectivity index (χ3n) is 6.86. The molecule has 10 heteroatoms. The minimum atomic E-state index is -3.50. The molecule has 0 bridgehead atoms. The molecule has 3 aromatic rings. The van der Waals surface area contributed by atoms with E-state index in [9.17, 15) is 22.4 Å². The number of nitrogens with zero attached hydrogens (tertiary/aromatic N) is 3. The lowest BCUT2D eigenvalue weighted by molar-refractivity contribution is -0.140. The van der Waals surface area contributed by atoms with Gasteiger partial charge in [-0.2, -0.15) is 4.31 Å². The maximum absolute atomic E-state index is 13.4. The number of carbonyl (C=O) groups is 2. The van der Waals surface area contributed by atoms with Crippen LogP contribution in [-0.4, -0.2) is 53.6 Å². The van der Waals surface area contributed by atoms with Crippen molar-refractivity contribution in [3.63, 3.8) is 0 Å². The summed E-state index contributed by atoms with van der Waals surface area (Å²) >= 11 is 0. The predicted molar refractivity (Wildman–Crippen MR) is 145 cm³/mol. The number of rotatable bonds is 11. The van der Waals surface area contributed by atoms with Crippen LogP contribution in [0.2, 0.25) is 0 Å². The first-order valence-corrected chi connectivity index (χ1v) is 14.5. The molecular formula is C29H33FN4O4S. The smallest absolute Gasteiger partial charge is 0.243 e. The number of pyridine rings is 1. The van der Waals surface area contributed by atoms with Gasteiger partial charge in [0.15, 0.2) is 0 Å². The van der Waals surface area contributed by atoms with Gasteiger partial charge < -0.3 is 10.2 Å². The van der Waals surface area contributed by atoms with Crippen LogP contribution in [0.25, 0.3) is 0 Å². The van der Waals surface area contributed by atoms with Crippen molar-refractivity contribution < 1.29 is 22.4 Å². The van der Waals surface area contributed by atoms with Gasteiger partial charge in [0, 0.05) is 32.3 Å². The van der Waals surface area contributed by atoms with Crippen LogP contribution in [0.5, 0.6) is 0 Å². The third-order valence-corrected chi connectivity index (χ3v) is 8.77. The molecule has 1 aliphatic rings. The predicted octanol–water partition coefficient (Wildman–Crippen LogP) is 3.67. The number of aryl methyl sites for hydroxylation is 1. The Morgan fingerprint density at radius 2 is 1.67 bits per heavy atom. The maximum atomic E-state index is 13.4. The number of benzene rings is 2. The van der Waals surface area contributed by atoms with Crippen molar-refractivity contribution in [2.24, 2.45) is 0 Å². The first kappa shape index (κ1) is 28.4.